The number of aliphatic imine (C=N–C) groups is 1. The Morgan fingerprint density at radius 2 is 1.96 bits per heavy atom. The van der Waals surface area contributed by atoms with Gasteiger partial charge in [-0.15, -0.1) is 24.0 Å². The number of rotatable bonds is 9. The summed E-state index contributed by atoms with van der Waals surface area (Å²) in [5.74, 6) is 1.54. The van der Waals surface area contributed by atoms with Gasteiger partial charge >= 0.3 is 0 Å². The fourth-order valence-electron chi connectivity index (χ4n) is 2.64. The first-order valence-corrected chi connectivity index (χ1v) is 9.10. The number of benzene rings is 1. The zero-order valence-corrected chi connectivity index (χ0v) is 17.5. The van der Waals surface area contributed by atoms with Gasteiger partial charge in [0.2, 0.25) is 0 Å². The molecule has 0 bridgehead atoms. The summed E-state index contributed by atoms with van der Waals surface area (Å²) in [6.45, 7) is 7.94. The van der Waals surface area contributed by atoms with Gasteiger partial charge in [0.15, 0.2) is 5.96 Å². The van der Waals surface area contributed by atoms with E-state index in [-0.39, 0.29) is 24.0 Å². The maximum atomic E-state index is 5.79. The van der Waals surface area contributed by atoms with Crippen molar-refractivity contribution in [2.24, 2.45) is 10.9 Å². The summed E-state index contributed by atoms with van der Waals surface area (Å²) in [7, 11) is 0. The summed E-state index contributed by atoms with van der Waals surface area (Å²) in [4.78, 5) is 4.61. The molecule has 1 fully saturated rings. The van der Waals surface area contributed by atoms with E-state index < -0.39 is 0 Å². The predicted octanol–water partition coefficient (Wildman–Crippen LogP) is 3.19. The van der Waals surface area contributed by atoms with Crippen LogP contribution in [0.3, 0.4) is 0 Å². The molecule has 1 aliphatic rings. The van der Waals surface area contributed by atoms with Crippen molar-refractivity contribution in [2.75, 3.05) is 39.5 Å². The smallest absolute Gasteiger partial charge is 0.191 e. The molecule has 2 N–H and O–H groups in total. The first kappa shape index (κ1) is 22.2. The van der Waals surface area contributed by atoms with Gasteiger partial charge in [0.25, 0.3) is 0 Å². The number of nitrogens with zero attached hydrogens (tertiary/aromatic N) is 1. The Balaban J connectivity index is 0.00000312. The van der Waals surface area contributed by atoms with E-state index in [4.69, 9.17) is 9.47 Å². The minimum absolute atomic E-state index is 0. The molecule has 2 rings (SSSR count). The monoisotopic (exact) mass is 461 g/mol. The summed E-state index contributed by atoms with van der Waals surface area (Å²) in [5.41, 5.74) is 1.22. The van der Waals surface area contributed by atoms with Gasteiger partial charge in [0.1, 0.15) is 0 Å². The molecule has 25 heavy (non-hydrogen) atoms. The van der Waals surface area contributed by atoms with E-state index in [2.05, 4.69) is 34.7 Å². The molecule has 142 valence electrons. The minimum Gasteiger partial charge on any atom is -0.381 e. The zero-order chi connectivity index (χ0) is 16.9. The van der Waals surface area contributed by atoms with Crippen LogP contribution in [0.5, 0.6) is 0 Å². The average Bonchev–Trinajstić information content (AvgIpc) is 2.64. The molecular weight excluding hydrogens is 429 g/mol. The molecule has 0 aromatic heterocycles. The fourth-order valence-corrected chi connectivity index (χ4v) is 2.64. The van der Waals surface area contributed by atoms with Crippen LogP contribution in [0.1, 0.15) is 31.7 Å². The van der Waals surface area contributed by atoms with Gasteiger partial charge in [-0.1, -0.05) is 30.3 Å². The van der Waals surface area contributed by atoms with Crippen molar-refractivity contribution < 1.29 is 9.47 Å². The molecule has 0 unspecified atom stereocenters. The maximum absolute atomic E-state index is 5.79. The van der Waals surface area contributed by atoms with Crippen molar-refractivity contribution in [3.63, 3.8) is 0 Å². The molecule has 0 aliphatic carbocycles. The molecule has 0 radical (unpaired) electrons. The zero-order valence-electron chi connectivity index (χ0n) is 15.2. The third kappa shape index (κ3) is 10.0. The van der Waals surface area contributed by atoms with Crippen LogP contribution in [0.25, 0.3) is 0 Å². The van der Waals surface area contributed by atoms with E-state index in [0.717, 1.165) is 64.7 Å². The van der Waals surface area contributed by atoms with E-state index in [0.29, 0.717) is 12.5 Å². The van der Waals surface area contributed by atoms with E-state index in [1.807, 2.05) is 18.2 Å². The van der Waals surface area contributed by atoms with E-state index in [1.54, 1.807) is 0 Å². The molecule has 1 aliphatic heterocycles. The van der Waals surface area contributed by atoms with Crippen LogP contribution in [-0.4, -0.2) is 45.5 Å². The summed E-state index contributed by atoms with van der Waals surface area (Å²) in [6.07, 6.45) is 3.25. The van der Waals surface area contributed by atoms with Crippen LogP contribution in [0.2, 0.25) is 0 Å². The van der Waals surface area contributed by atoms with Gasteiger partial charge in [-0.2, -0.15) is 0 Å². The molecule has 6 heteroatoms. The maximum Gasteiger partial charge on any atom is 0.191 e. The summed E-state index contributed by atoms with van der Waals surface area (Å²) >= 11 is 0. The second-order valence-electron chi connectivity index (χ2n) is 6.09. The highest BCUT2D eigenvalue weighted by atomic mass is 127. The molecular formula is C19H32IN3O2. The van der Waals surface area contributed by atoms with Gasteiger partial charge in [-0.3, -0.25) is 0 Å². The highest BCUT2D eigenvalue weighted by molar-refractivity contribution is 14.0. The topological polar surface area (TPSA) is 54.9 Å². The van der Waals surface area contributed by atoms with E-state index in [1.165, 1.54) is 5.56 Å². The van der Waals surface area contributed by atoms with Gasteiger partial charge in [0, 0.05) is 39.5 Å². The Bertz CT molecular complexity index is 465. The molecule has 0 amide bonds. The fraction of sp³-hybridized carbons (Fsp3) is 0.632. The highest BCUT2D eigenvalue weighted by Gasteiger charge is 2.13. The highest BCUT2D eigenvalue weighted by Crippen LogP contribution is 2.14. The summed E-state index contributed by atoms with van der Waals surface area (Å²) < 4.78 is 11.2. The number of guanidine groups is 1. The quantitative estimate of drug-likeness (QED) is 0.257. The predicted molar refractivity (Wildman–Crippen MR) is 114 cm³/mol. The first-order chi connectivity index (χ1) is 11.9. The average molecular weight is 461 g/mol. The third-order valence-electron chi connectivity index (χ3n) is 4.06. The Morgan fingerprint density at radius 3 is 2.68 bits per heavy atom. The van der Waals surface area contributed by atoms with Crippen molar-refractivity contribution in [1.82, 2.24) is 10.6 Å². The second-order valence-corrected chi connectivity index (χ2v) is 6.09. The number of halogens is 1. The summed E-state index contributed by atoms with van der Waals surface area (Å²) in [5, 5.41) is 6.65. The lowest BCUT2D eigenvalue weighted by Gasteiger charge is -2.21. The number of nitrogens with one attached hydrogen (secondary N) is 2. The second kappa shape index (κ2) is 14.3. The van der Waals surface area contributed by atoms with Crippen molar-refractivity contribution in [1.29, 1.82) is 0 Å². The third-order valence-corrected chi connectivity index (χ3v) is 4.06. The molecule has 1 heterocycles. The van der Waals surface area contributed by atoms with E-state index >= 15 is 0 Å². The molecule has 1 saturated heterocycles. The molecule has 5 nitrogen and oxygen atoms in total. The summed E-state index contributed by atoms with van der Waals surface area (Å²) in [6, 6.07) is 10.3. The molecule has 0 spiro atoms. The Kier molecular flexibility index (Phi) is 12.7. The van der Waals surface area contributed by atoms with Crippen molar-refractivity contribution in [2.45, 2.75) is 32.7 Å². The van der Waals surface area contributed by atoms with Gasteiger partial charge in [0.05, 0.1) is 6.54 Å². The first-order valence-electron chi connectivity index (χ1n) is 9.10. The van der Waals surface area contributed by atoms with Crippen molar-refractivity contribution in [3.8, 4) is 0 Å². The van der Waals surface area contributed by atoms with Gasteiger partial charge in [-0.05, 0) is 37.7 Å². The van der Waals surface area contributed by atoms with Crippen LogP contribution in [0.15, 0.2) is 35.3 Å². The Hall–Kier alpha value is -0.860. The lowest BCUT2D eigenvalue weighted by molar-refractivity contribution is 0.0203. The van der Waals surface area contributed by atoms with Crippen LogP contribution >= 0.6 is 24.0 Å². The SMILES string of the molecule is CCNC(=NCc1ccccc1)NCCCOCC1CCOCC1.I. The van der Waals surface area contributed by atoms with Gasteiger partial charge in [-0.25, -0.2) is 4.99 Å². The van der Waals surface area contributed by atoms with Crippen LogP contribution < -0.4 is 10.6 Å². The van der Waals surface area contributed by atoms with Crippen LogP contribution in [-0.2, 0) is 16.0 Å². The standard InChI is InChI=1S/C19H31N3O2.HI/c1-2-20-19(22-15-17-7-4-3-5-8-17)21-11-6-12-24-16-18-9-13-23-14-10-18;/h3-5,7-8,18H,2,6,9-16H2,1H3,(H2,20,21,22);1H. The lowest BCUT2D eigenvalue weighted by Crippen LogP contribution is -2.38. The van der Waals surface area contributed by atoms with E-state index in [9.17, 15) is 0 Å². The molecule has 0 saturated carbocycles. The molecule has 1 aromatic rings. The van der Waals surface area contributed by atoms with Gasteiger partial charge < -0.3 is 20.1 Å². The Labute approximate surface area is 169 Å². The number of ether oxygens (including phenoxy) is 2. The van der Waals surface area contributed by atoms with Crippen molar-refractivity contribution in [3.05, 3.63) is 35.9 Å². The largest absolute Gasteiger partial charge is 0.381 e. The number of hydrogen-bond acceptors (Lipinski definition) is 3. The Morgan fingerprint density at radius 1 is 1.20 bits per heavy atom. The molecule has 1 aromatic carbocycles. The minimum atomic E-state index is 0. The molecule has 0 atom stereocenters. The number of hydrogen-bond donors (Lipinski definition) is 2. The van der Waals surface area contributed by atoms with Crippen LogP contribution in [0.4, 0.5) is 0 Å². The van der Waals surface area contributed by atoms with Crippen LogP contribution in [0, 0.1) is 5.92 Å². The normalized spacial score (nSPS) is 15.5. The lowest BCUT2D eigenvalue weighted by atomic mass is 10.0. The van der Waals surface area contributed by atoms with Crippen molar-refractivity contribution >= 4 is 29.9 Å².